The van der Waals surface area contributed by atoms with E-state index in [1.807, 2.05) is 48.5 Å². The molecule has 1 heterocycles. The second-order valence-electron chi connectivity index (χ2n) is 6.92. The molecule has 0 bridgehead atoms. The van der Waals surface area contributed by atoms with Gasteiger partial charge in [0.05, 0.1) is 5.39 Å². The molecular formula is C25H19NO5. The maximum absolute atomic E-state index is 12.7. The van der Waals surface area contributed by atoms with Gasteiger partial charge in [0.1, 0.15) is 5.58 Å². The van der Waals surface area contributed by atoms with Gasteiger partial charge in [-0.2, -0.15) is 0 Å². The molecule has 0 fully saturated rings. The van der Waals surface area contributed by atoms with Gasteiger partial charge in [0.2, 0.25) is 5.76 Å². The Bertz CT molecular complexity index is 1310. The fourth-order valence-electron chi connectivity index (χ4n) is 3.17. The highest BCUT2D eigenvalue weighted by molar-refractivity contribution is 5.99. The Morgan fingerprint density at radius 3 is 2.39 bits per heavy atom. The number of benzene rings is 3. The molecule has 1 amide bonds. The van der Waals surface area contributed by atoms with E-state index in [1.165, 1.54) is 6.92 Å². The number of carbonyl (C=O) groups excluding carboxylic acids is 2. The molecule has 0 unspecified atom stereocenters. The molecule has 4 rings (SSSR count). The van der Waals surface area contributed by atoms with Crippen molar-refractivity contribution in [3.05, 3.63) is 101 Å². The number of esters is 1. The Hall–Kier alpha value is -4.19. The maximum atomic E-state index is 12.7. The monoisotopic (exact) mass is 413 g/mol. The largest absolute Gasteiger partial charge is 0.449 e. The van der Waals surface area contributed by atoms with E-state index in [0.717, 1.165) is 17.2 Å². The maximum Gasteiger partial charge on any atom is 0.375 e. The predicted molar refractivity (Wildman–Crippen MR) is 118 cm³/mol. The van der Waals surface area contributed by atoms with Crippen molar-refractivity contribution < 1.29 is 18.7 Å². The lowest BCUT2D eigenvalue weighted by molar-refractivity contribution is -0.123. The quantitative estimate of drug-likeness (QED) is 0.482. The van der Waals surface area contributed by atoms with Crippen molar-refractivity contribution in [3.8, 4) is 11.1 Å². The number of amides is 1. The summed E-state index contributed by atoms with van der Waals surface area (Å²) >= 11 is 0. The number of hydrogen-bond donors (Lipinski definition) is 1. The van der Waals surface area contributed by atoms with Gasteiger partial charge in [-0.05, 0) is 30.7 Å². The standard InChI is InChI=1S/C25H19NO5/c1-16(30-25(29)23-15-21(27)19-12-6-8-14-22(19)31-23)24(28)26-20-13-7-5-11-18(20)17-9-3-2-4-10-17/h2-16H,1H3,(H,26,28)/t16-/m1/s1. The van der Waals surface area contributed by atoms with E-state index in [9.17, 15) is 14.4 Å². The summed E-state index contributed by atoms with van der Waals surface area (Å²) < 4.78 is 10.7. The Morgan fingerprint density at radius 1 is 0.903 bits per heavy atom. The van der Waals surface area contributed by atoms with Crippen LogP contribution in [0.5, 0.6) is 0 Å². The van der Waals surface area contributed by atoms with Gasteiger partial charge in [-0.15, -0.1) is 0 Å². The highest BCUT2D eigenvalue weighted by atomic mass is 16.6. The minimum absolute atomic E-state index is 0.256. The normalized spacial score (nSPS) is 11.6. The molecule has 3 aromatic carbocycles. The smallest absolute Gasteiger partial charge is 0.375 e. The van der Waals surface area contributed by atoms with Crippen molar-refractivity contribution in [3.63, 3.8) is 0 Å². The number of para-hydroxylation sites is 2. The number of carbonyl (C=O) groups is 2. The minimum atomic E-state index is -1.10. The van der Waals surface area contributed by atoms with Crippen LogP contribution in [0, 0.1) is 0 Å². The van der Waals surface area contributed by atoms with E-state index >= 15 is 0 Å². The van der Waals surface area contributed by atoms with Crippen LogP contribution in [0.15, 0.2) is 94.1 Å². The van der Waals surface area contributed by atoms with E-state index in [-0.39, 0.29) is 16.8 Å². The van der Waals surface area contributed by atoms with Crippen LogP contribution in [0.4, 0.5) is 5.69 Å². The van der Waals surface area contributed by atoms with Crippen LogP contribution in [0.2, 0.25) is 0 Å². The molecule has 1 aromatic heterocycles. The molecule has 1 N–H and O–H groups in total. The fraction of sp³-hybridized carbons (Fsp3) is 0.0800. The first-order chi connectivity index (χ1) is 15.0. The third-order valence-electron chi connectivity index (χ3n) is 4.76. The Kier molecular flexibility index (Phi) is 5.62. The third-order valence-corrected chi connectivity index (χ3v) is 4.76. The first kappa shape index (κ1) is 20.1. The number of ether oxygens (including phenoxy) is 1. The van der Waals surface area contributed by atoms with Crippen molar-refractivity contribution in [1.29, 1.82) is 0 Å². The first-order valence-corrected chi connectivity index (χ1v) is 9.72. The van der Waals surface area contributed by atoms with Crippen molar-refractivity contribution in [2.45, 2.75) is 13.0 Å². The van der Waals surface area contributed by atoms with E-state index in [0.29, 0.717) is 11.1 Å². The van der Waals surface area contributed by atoms with Crippen LogP contribution >= 0.6 is 0 Å². The molecule has 0 aliphatic rings. The summed E-state index contributed by atoms with van der Waals surface area (Å²) in [7, 11) is 0. The minimum Gasteiger partial charge on any atom is -0.449 e. The van der Waals surface area contributed by atoms with Crippen LogP contribution in [0.1, 0.15) is 17.5 Å². The molecule has 0 radical (unpaired) electrons. The summed E-state index contributed by atoms with van der Waals surface area (Å²) in [6, 6.07) is 24.6. The van der Waals surface area contributed by atoms with Gasteiger partial charge in [-0.25, -0.2) is 4.79 Å². The van der Waals surface area contributed by atoms with Gasteiger partial charge in [-0.1, -0.05) is 60.7 Å². The summed E-state index contributed by atoms with van der Waals surface area (Å²) in [6.07, 6.45) is -1.10. The van der Waals surface area contributed by atoms with Crippen LogP contribution in [0.25, 0.3) is 22.1 Å². The molecule has 4 aromatic rings. The Labute approximate surface area is 178 Å². The van der Waals surface area contributed by atoms with Gasteiger partial charge in [0.15, 0.2) is 11.5 Å². The summed E-state index contributed by atoms with van der Waals surface area (Å²) in [5.74, 6) is -1.64. The molecular weight excluding hydrogens is 394 g/mol. The number of nitrogens with one attached hydrogen (secondary N) is 1. The fourth-order valence-corrected chi connectivity index (χ4v) is 3.17. The van der Waals surface area contributed by atoms with Crippen molar-refractivity contribution >= 4 is 28.5 Å². The lowest BCUT2D eigenvalue weighted by Crippen LogP contribution is -2.30. The molecule has 31 heavy (non-hydrogen) atoms. The molecule has 1 atom stereocenters. The van der Waals surface area contributed by atoms with Crippen LogP contribution < -0.4 is 10.7 Å². The summed E-state index contributed by atoms with van der Waals surface area (Å²) in [5, 5.41) is 3.16. The van der Waals surface area contributed by atoms with Gasteiger partial charge >= 0.3 is 5.97 Å². The van der Waals surface area contributed by atoms with Crippen LogP contribution in [0.3, 0.4) is 0 Å². The van der Waals surface area contributed by atoms with Crippen molar-refractivity contribution in [1.82, 2.24) is 0 Å². The number of hydrogen-bond acceptors (Lipinski definition) is 5. The zero-order valence-electron chi connectivity index (χ0n) is 16.7. The first-order valence-electron chi connectivity index (χ1n) is 9.72. The average molecular weight is 413 g/mol. The second kappa shape index (κ2) is 8.67. The molecule has 0 saturated heterocycles. The van der Waals surface area contributed by atoms with Gasteiger partial charge in [0, 0.05) is 17.3 Å². The van der Waals surface area contributed by atoms with Gasteiger partial charge in [-0.3, -0.25) is 9.59 Å². The lowest BCUT2D eigenvalue weighted by Gasteiger charge is -2.15. The topological polar surface area (TPSA) is 85.6 Å². The molecule has 0 aliphatic carbocycles. The number of rotatable bonds is 5. The highest BCUT2D eigenvalue weighted by Crippen LogP contribution is 2.27. The van der Waals surface area contributed by atoms with Gasteiger partial charge < -0.3 is 14.5 Å². The Balaban J connectivity index is 1.50. The predicted octanol–water partition coefficient (Wildman–Crippen LogP) is 4.64. The van der Waals surface area contributed by atoms with Gasteiger partial charge in [0.25, 0.3) is 5.91 Å². The number of fused-ring (bicyclic) bond motifs is 1. The third kappa shape index (κ3) is 4.38. The average Bonchev–Trinajstić information content (AvgIpc) is 2.80. The summed E-state index contributed by atoms with van der Waals surface area (Å²) in [4.78, 5) is 37.3. The highest BCUT2D eigenvalue weighted by Gasteiger charge is 2.22. The molecule has 0 spiro atoms. The molecule has 6 heteroatoms. The van der Waals surface area contributed by atoms with Crippen LogP contribution in [-0.2, 0) is 9.53 Å². The molecule has 6 nitrogen and oxygen atoms in total. The van der Waals surface area contributed by atoms with E-state index in [2.05, 4.69) is 5.32 Å². The Morgan fingerprint density at radius 2 is 1.58 bits per heavy atom. The van der Waals surface area contributed by atoms with E-state index in [4.69, 9.17) is 9.15 Å². The zero-order chi connectivity index (χ0) is 21.8. The molecule has 0 aliphatic heterocycles. The molecule has 0 saturated carbocycles. The van der Waals surface area contributed by atoms with Crippen LogP contribution in [-0.4, -0.2) is 18.0 Å². The van der Waals surface area contributed by atoms with Crippen molar-refractivity contribution in [2.75, 3.05) is 5.32 Å². The summed E-state index contributed by atoms with van der Waals surface area (Å²) in [5.41, 5.74) is 2.30. The summed E-state index contributed by atoms with van der Waals surface area (Å²) in [6.45, 7) is 1.46. The zero-order valence-corrected chi connectivity index (χ0v) is 16.7. The lowest BCUT2D eigenvalue weighted by atomic mass is 10.0. The van der Waals surface area contributed by atoms with Crippen molar-refractivity contribution in [2.24, 2.45) is 0 Å². The molecule has 154 valence electrons. The van der Waals surface area contributed by atoms with E-state index < -0.39 is 18.0 Å². The number of anilines is 1. The second-order valence-corrected chi connectivity index (χ2v) is 6.92. The SMILES string of the molecule is C[C@@H](OC(=O)c1cc(=O)c2ccccc2o1)C(=O)Nc1ccccc1-c1ccccc1. The van der Waals surface area contributed by atoms with E-state index in [1.54, 1.807) is 30.3 Å².